The highest BCUT2D eigenvalue weighted by Crippen LogP contribution is 2.48. The molecule has 2 atom stereocenters. The van der Waals surface area contributed by atoms with Crippen LogP contribution < -0.4 is 5.32 Å². The fraction of sp³-hybridized carbons (Fsp3) is 0.966. The van der Waals surface area contributed by atoms with Gasteiger partial charge >= 0.3 is 7.82 Å². The number of nitrogens with zero attached hydrogens (tertiary/aromatic N) is 1. The number of likely N-dealkylation sites (N-methyl/N-ethyl adjacent to an activating group) is 1. The van der Waals surface area contributed by atoms with Crippen LogP contribution in [-0.4, -0.2) is 77.7 Å². The topological polar surface area (TPSA) is 83.1 Å². The molecule has 0 aromatic rings. The Bertz CT molecular complexity index is 600. The van der Waals surface area contributed by atoms with E-state index in [9.17, 15) is 9.36 Å². The molecular weight excluding hydrogens is 503 g/mol. The van der Waals surface area contributed by atoms with Gasteiger partial charge in [0.1, 0.15) is 13.2 Å². The molecule has 1 N–H and O–H groups in total. The molecule has 228 valence electrons. The molecule has 0 aromatic heterocycles. The van der Waals surface area contributed by atoms with E-state index < -0.39 is 13.9 Å². The minimum Gasteiger partial charge on any atom is -0.374 e. The summed E-state index contributed by atoms with van der Waals surface area (Å²) in [6.07, 6.45) is 18.1. The van der Waals surface area contributed by atoms with Crippen LogP contribution in [0.2, 0.25) is 0 Å². The van der Waals surface area contributed by atoms with Crippen LogP contribution in [0.15, 0.2) is 0 Å². The largest absolute Gasteiger partial charge is 0.474 e. The van der Waals surface area contributed by atoms with Gasteiger partial charge in [-0.25, -0.2) is 4.57 Å². The summed E-state index contributed by atoms with van der Waals surface area (Å²) in [5, 5.41) is 2.97. The van der Waals surface area contributed by atoms with Crippen LogP contribution in [0, 0.1) is 0 Å². The molecule has 0 aliphatic rings. The Morgan fingerprint density at radius 2 is 1.29 bits per heavy atom. The number of rotatable bonds is 28. The van der Waals surface area contributed by atoms with Crippen molar-refractivity contribution in [2.24, 2.45) is 0 Å². The Hall–Kier alpha value is -0.500. The van der Waals surface area contributed by atoms with E-state index >= 15 is 0 Å². The standard InChI is InChI=1S/C29H61N2O6P/c1-7-9-11-13-15-17-19-21-24-35-28(26-30-29(32)22-20-18-16-14-12-10-8-2)27-37-38(33,34-6)36-25-23-31(3,4)5/h28H,7-27H2,1-6H3/p+1. The third-order valence-corrected chi connectivity index (χ3v) is 7.95. The van der Waals surface area contributed by atoms with Crippen molar-refractivity contribution in [3.8, 4) is 0 Å². The number of quaternary nitrogens is 1. The Morgan fingerprint density at radius 1 is 0.763 bits per heavy atom. The van der Waals surface area contributed by atoms with Crippen LogP contribution in [0.25, 0.3) is 0 Å². The number of hydrogen-bond donors (Lipinski definition) is 1. The van der Waals surface area contributed by atoms with Crippen molar-refractivity contribution in [1.82, 2.24) is 5.32 Å². The number of hydrogen-bond acceptors (Lipinski definition) is 6. The highest BCUT2D eigenvalue weighted by atomic mass is 31.2. The lowest BCUT2D eigenvalue weighted by Crippen LogP contribution is -2.37. The second kappa shape index (κ2) is 24.3. The van der Waals surface area contributed by atoms with Crippen LogP contribution in [-0.2, 0) is 27.7 Å². The number of phosphoric acid groups is 1. The van der Waals surface area contributed by atoms with Crippen LogP contribution in [0.5, 0.6) is 0 Å². The number of nitrogens with one attached hydrogen (secondary N) is 1. The van der Waals surface area contributed by atoms with E-state index in [1.165, 1.54) is 77.7 Å². The summed E-state index contributed by atoms with van der Waals surface area (Å²) in [5.74, 6) is 0.0216. The number of carbonyl (C=O) groups excluding carboxylic acids is 1. The van der Waals surface area contributed by atoms with E-state index in [0.717, 1.165) is 25.7 Å². The zero-order valence-corrected chi connectivity index (χ0v) is 26.7. The summed E-state index contributed by atoms with van der Waals surface area (Å²) in [7, 11) is 3.74. The molecule has 0 aliphatic heterocycles. The van der Waals surface area contributed by atoms with Crippen LogP contribution in [0.3, 0.4) is 0 Å². The summed E-state index contributed by atoms with van der Waals surface area (Å²) >= 11 is 0. The molecule has 1 amide bonds. The minimum atomic E-state index is -3.69. The average Bonchev–Trinajstić information content (AvgIpc) is 2.87. The molecule has 9 heteroatoms. The number of unbranched alkanes of at least 4 members (excludes halogenated alkanes) is 13. The smallest absolute Gasteiger partial charge is 0.374 e. The first kappa shape index (κ1) is 37.5. The molecule has 0 saturated heterocycles. The van der Waals surface area contributed by atoms with Crippen molar-refractivity contribution in [2.75, 3.05) is 61.2 Å². The highest BCUT2D eigenvalue weighted by Gasteiger charge is 2.28. The lowest BCUT2D eigenvalue weighted by atomic mass is 10.1. The summed E-state index contributed by atoms with van der Waals surface area (Å²) in [5.41, 5.74) is 0. The second-order valence-corrected chi connectivity index (χ2v) is 13.2. The first-order valence-electron chi connectivity index (χ1n) is 15.3. The molecule has 8 nitrogen and oxygen atoms in total. The molecule has 0 aromatic carbocycles. The molecule has 0 fully saturated rings. The van der Waals surface area contributed by atoms with Gasteiger partial charge in [0.25, 0.3) is 0 Å². The third kappa shape index (κ3) is 24.5. The molecule has 0 saturated carbocycles. The lowest BCUT2D eigenvalue weighted by molar-refractivity contribution is -0.870. The van der Waals surface area contributed by atoms with Gasteiger partial charge in [-0.3, -0.25) is 18.4 Å². The molecule has 0 aliphatic carbocycles. The van der Waals surface area contributed by atoms with Crippen molar-refractivity contribution in [1.29, 1.82) is 0 Å². The van der Waals surface area contributed by atoms with Crippen molar-refractivity contribution < 1.29 is 32.2 Å². The number of carbonyl (C=O) groups is 1. The van der Waals surface area contributed by atoms with E-state index in [1.807, 2.05) is 21.1 Å². The number of phosphoric ester groups is 1. The molecule has 0 bridgehead atoms. The van der Waals surface area contributed by atoms with E-state index in [1.54, 1.807) is 0 Å². The quantitative estimate of drug-likeness (QED) is 0.0611. The minimum absolute atomic E-state index is 0.0216. The Balaban J connectivity index is 4.52. The Kier molecular flexibility index (Phi) is 24.0. The fourth-order valence-corrected chi connectivity index (χ4v) is 4.89. The van der Waals surface area contributed by atoms with Crippen LogP contribution in [0.4, 0.5) is 0 Å². The predicted molar refractivity (Wildman–Crippen MR) is 157 cm³/mol. The van der Waals surface area contributed by atoms with Crippen molar-refractivity contribution in [3.63, 3.8) is 0 Å². The highest BCUT2D eigenvalue weighted by molar-refractivity contribution is 7.48. The molecule has 0 spiro atoms. The number of amides is 1. The van der Waals surface area contributed by atoms with Crippen molar-refractivity contribution in [2.45, 2.75) is 123 Å². The monoisotopic (exact) mass is 565 g/mol. The summed E-state index contributed by atoms with van der Waals surface area (Å²) in [6.45, 7) is 6.31. The van der Waals surface area contributed by atoms with Gasteiger partial charge in [-0.1, -0.05) is 97.3 Å². The van der Waals surface area contributed by atoms with Gasteiger partial charge in [0, 0.05) is 26.7 Å². The van der Waals surface area contributed by atoms with Gasteiger partial charge in [0.05, 0.1) is 33.9 Å². The first-order valence-corrected chi connectivity index (χ1v) is 16.8. The molecular formula is C29H62N2O6P+. The maximum Gasteiger partial charge on any atom is 0.474 e. The van der Waals surface area contributed by atoms with E-state index in [4.69, 9.17) is 18.3 Å². The second-order valence-electron chi connectivity index (χ2n) is 11.4. The Labute approximate surface area is 235 Å². The van der Waals surface area contributed by atoms with E-state index in [2.05, 4.69) is 19.2 Å². The normalized spacial score (nSPS) is 14.4. The lowest BCUT2D eigenvalue weighted by Gasteiger charge is -2.25. The fourth-order valence-electron chi connectivity index (χ4n) is 3.95. The van der Waals surface area contributed by atoms with Gasteiger partial charge in [-0.15, -0.1) is 0 Å². The van der Waals surface area contributed by atoms with Gasteiger partial charge in [0.2, 0.25) is 5.91 Å². The SMILES string of the molecule is CCCCCCCCCCOC(CNC(=O)CCCCCCCCC)COP(=O)(OC)OCC[N+](C)(C)C. The van der Waals surface area contributed by atoms with Gasteiger partial charge in [-0.05, 0) is 12.8 Å². The van der Waals surface area contributed by atoms with Crippen molar-refractivity contribution >= 4 is 13.7 Å². The summed E-state index contributed by atoms with van der Waals surface area (Å²) < 4.78 is 35.8. The third-order valence-electron chi connectivity index (χ3n) is 6.54. The van der Waals surface area contributed by atoms with Crippen LogP contribution in [0.1, 0.15) is 117 Å². The maximum atomic E-state index is 12.9. The van der Waals surface area contributed by atoms with Crippen LogP contribution >= 0.6 is 7.82 Å². The zero-order valence-electron chi connectivity index (χ0n) is 25.8. The number of ether oxygens (including phenoxy) is 1. The van der Waals surface area contributed by atoms with Gasteiger partial charge < -0.3 is 14.5 Å². The van der Waals surface area contributed by atoms with E-state index in [0.29, 0.717) is 30.6 Å². The predicted octanol–water partition coefficient (Wildman–Crippen LogP) is 7.26. The summed E-state index contributed by atoms with van der Waals surface area (Å²) in [6, 6.07) is 0. The summed E-state index contributed by atoms with van der Waals surface area (Å²) in [4.78, 5) is 12.4. The molecule has 38 heavy (non-hydrogen) atoms. The molecule has 0 heterocycles. The van der Waals surface area contributed by atoms with Crippen molar-refractivity contribution in [3.05, 3.63) is 0 Å². The Morgan fingerprint density at radius 3 is 1.82 bits per heavy atom. The maximum absolute atomic E-state index is 12.9. The first-order chi connectivity index (χ1) is 18.2. The van der Waals surface area contributed by atoms with Gasteiger partial charge in [-0.2, -0.15) is 0 Å². The zero-order chi connectivity index (χ0) is 28.5. The molecule has 0 rings (SSSR count). The van der Waals surface area contributed by atoms with Gasteiger partial charge in [0.15, 0.2) is 0 Å². The average molecular weight is 566 g/mol. The molecule has 2 unspecified atom stereocenters. The van der Waals surface area contributed by atoms with E-state index in [-0.39, 0.29) is 19.1 Å². The molecule has 0 radical (unpaired) electrons.